The van der Waals surface area contributed by atoms with Crippen LogP contribution in [0.15, 0.2) is 0 Å². The number of hydrogen-bond donors (Lipinski definition) is 0. The standard InChI is InChI=1S/2C12H27P.2BrH.Pd/c2*1-4-7-10-13(11-8-5-2)12-9-6-3;;;/h2*4-12H2,1-3H3;2*1H;/q;;;;+2/p-2. The Morgan fingerprint density at radius 1 is 0.414 bits per heavy atom. The van der Waals surface area contributed by atoms with E-state index < -0.39 is 0 Å². The third-order valence-corrected chi connectivity index (χ3v) is 10.7. The molecule has 0 aromatic heterocycles. The van der Waals surface area contributed by atoms with Crippen LogP contribution in [0.3, 0.4) is 0 Å². The van der Waals surface area contributed by atoms with E-state index in [1.165, 1.54) is 77.0 Å². The molecular weight excluding hydrogens is 616 g/mol. The zero-order valence-electron chi connectivity index (χ0n) is 20.7. The fourth-order valence-electron chi connectivity index (χ4n) is 2.96. The van der Waals surface area contributed by atoms with E-state index in [0.717, 1.165) is 0 Å². The summed E-state index contributed by atoms with van der Waals surface area (Å²) >= 11 is 6.80. The van der Waals surface area contributed by atoms with Gasteiger partial charge in [0.1, 0.15) is 0 Å². The zero-order valence-corrected chi connectivity index (χ0v) is 27.2. The molecule has 0 aromatic rings. The molecule has 0 aliphatic heterocycles. The average molecular weight is 671 g/mol. The van der Waals surface area contributed by atoms with Crippen LogP contribution in [0.4, 0.5) is 0 Å². The summed E-state index contributed by atoms with van der Waals surface area (Å²) in [5.41, 5.74) is 0. The Morgan fingerprint density at radius 3 is 0.655 bits per heavy atom. The molecule has 0 saturated carbocycles. The van der Waals surface area contributed by atoms with Crippen molar-refractivity contribution in [3.05, 3.63) is 0 Å². The van der Waals surface area contributed by atoms with E-state index in [-0.39, 0.29) is 0 Å². The van der Waals surface area contributed by atoms with Crippen molar-refractivity contribution in [1.29, 1.82) is 0 Å². The van der Waals surface area contributed by atoms with Crippen molar-refractivity contribution < 1.29 is 13.9 Å². The van der Waals surface area contributed by atoms with Crippen molar-refractivity contribution in [3.8, 4) is 0 Å². The van der Waals surface area contributed by atoms with Crippen LogP contribution in [0.1, 0.15) is 119 Å². The first kappa shape index (κ1) is 36.1. The van der Waals surface area contributed by atoms with Gasteiger partial charge >= 0.3 is 40.8 Å². The van der Waals surface area contributed by atoms with Crippen LogP contribution in [0.25, 0.3) is 0 Å². The van der Waals surface area contributed by atoms with Gasteiger partial charge in [0.15, 0.2) is 0 Å². The zero-order chi connectivity index (χ0) is 22.6. The number of hydrogen-bond acceptors (Lipinski definition) is 0. The number of unbranched alkanes of at least 4 members (excludes halogenated alkanes) is 6. The molecular formula is C24H54Br2P2Pd. The minimum absolute atomic E-state index is 0.422. The Labute approximate surface area is 210 Å². The van der Waals surface area contributed by atoms with E-state index >= 15 is 0 Å². The van der Waals surface area contributed by atoms with Gasteiger partial charge in [0, 0.05) is 0 Å². The van der Waals surface area contributed by atoms with Crippen molar-refractivity contribution >= 4 is 42.7 Å². The van der Waals surface area contributed by atoms with Crippen LogP contribution in [0.5, 0.6) is 0 Å². The fourth-order valence-corrected chi connectivity index (χ4v) is 8.88. The van der Waals surface area contributed by atoms with Gasteiger partial charge in [-0.05, 0) is 75.5 Å². The Bertz CT molecular complexity index is 197. The van der Waals surface area contributed by atoms with E-state index in [4.69, 9.17) is 0 Å². The first-order valence-corrected chi connectivity index (χ1v) is 23.3. The molecule has 0 N–H and O–H groups in total. The van der Waals surface area contributed by atoms with Gasteiger partial charge in [-0.15, -0.1) is 15.8 Å². The first-order valence-electron chi connectivity index (χ1n) is 12.4. The van der Waals surface area contributed by atoms with E-state index in [0.29, 0.717) is 29.8 Å². The molecule has 0 rings (SSSR count). The summed E-state index contributed by atoms with van der Waals surface area (Å²) in [6, 6.07) is 0. The fraction of sp³-hybridized carbons (Fsp3) is 1.00. The second-order valence-corrected chi connectivity index (χ2v) is 20.4. The second-order valence-electron chi connectivity index (χ2n) is 7.85. The van der Waals surface area contributed by atoms with Crippen LogP contribution in [-0.4, -0.2) is 37.0 Å². The van der Waals surface area contributed by atoms with E-state index in [1.54, 1.807) is 37.0 Å². The molecule has 0 spiro atoms. The monoisotopic (exact) mass is 668 g/mol. The third-order valence-electron chi connectivity index (χ3n) is 4.97. The van der Waals surface area contributed by atoms with Gasteiger partial charge in [-0.1, -0.05) is 80.1 Å². The average Bonchev–Trinajstić information content (AvgIpc) is 2.73. The normalized spacial score (nSPS) is 10.7. The maximum absolute atomic E-state index is 3.11. The van der Waals surface area contributed by atoms with Crippen molar-refractivity contribution in [2.45, 2.75) is 119 Å². The van der Waals surface area contributed by atoms with Crippen molar-refractivity contribution in [2.24, 2.45) is 0 Å². The van der Waals surface area contributed by atoms with Crippen LogP contribution in [0, 0.1) is 0 Å². The molecule has 29 heavy (non-hydrogen) atoms. The van der Waals surface area contributed by atoms with Gasteiger partial charge in [0.25, 0.3) is 0 Å². The van der Waals surface area contributed by atoms with E-state index in [9.17, 15) is 0 Å². The molecule has 0 nitrogen and oxygen atoms in total. The van der Waals surface area contributed by atoms with E-state index in [2.05, 4.69) is 68.4 Å². The molecule has 5 heteroatoms. The van der Waals surface area contributed by atoms with Gasteiger partial charge < -0.3 is 0 Å². The Morgan fingerprint density at radius 2 is 0.552 bits per heavy atom. The Hall–Kier alpha value is 2.48. The quantitative estimate of drug-likeness (QED) is 0.101. The second kappa shape index (κ2) is 35.1. The maximum atomic E-state index is 3.11. The molecule has 0 fully saturated rings. The van der Waals surface area contributed by atoms with Gasteiger partial charge in [0.2, 0.25) is 0 Å². The summed E-state index contributed by atoms with van der Waals surface area (Å²) in [6.45, 7) is 13.9. The number of halogens is 2. The predicted molar refractivity (Wildman–Crippen MR) is 150 cm³/mol. The minimum atomic E-state index is 0.422. The Kier molecular flexibility index (Phi) is 43.6. The van der Waals surface area contributed by atoms with Crippen LogP contribution < -0.4 is 0 Å². The molecule has 0 amide bonds. The van der Waals surface area contributed by atoms with E-state index in [1.807, 2.05) is 0 Å². The summed E-state index contributed by atoms with van der Waals surface area (Å²) < 4.78 is 0. The van der Waals surface area contributed by atoms with Gasteiger partial charge in [-0.2, -0.15) is 0 Å². The molecule has 0 atom stereocenters. The van der Waals surface area contributed by atoms with Crippen LogP contribution in [0.2, 0.25) is 0 Å². The van der Waals surface area contributed by atoms with Crippen LogP contribution in [-0.2, 0) is 13.9 Å². The molecule has 0 aliphatic rings. The Balaban J connectivity index is -0.000000410. The molecule has 184 valence electrons. The SMILES string of the molecule is CCCCP(CCCC)CCCC.CCCCP(CCCC)CCCC.[Br][Pd][Br]. The topological polar surface area (TPSA) is 0 Å². The molecule has 0 aromatic carbocycles. The molecule has 0 saturated heterocycles. The van der Waals surface area contributed by atoms with Gasteiger partial charge in [-0.25, -0.2) is 0 Å². The van der Waals surface area contributed by atoms with Gasteiger partial charge in [0.05, 0.1) is 0 Å². The summed E-state index contributed by atoms with van der Waals surface area (Å²) in [5, 5.41) is 0. The molecule has 0 heterocycles. The third kappa shape index (κ3) is 35.3. The molecule has 0 unspecified atom stereocenters. The van der Waals surface area contributed by atoms with Crippen molar-refractivity contribution in [3.63, 3.8) is 0 Å². The van der Waals surface area contributed by atoms with Gasteiger partial charge in [-0.3, -0.25) is 0 Å². The van der Waals surface area contributed by atoms with Crippen LogP contribution >= 0.6 is 42.7 Å². The predicted octanol–water partition coefficient (Wildman–Crippen LogP) is 11.4. The number of rotatable bonds is 18. The molecule has 0 bridgehead atoms. The molecule has 0 aliphatic carbocycles. The summed E-state index contributed by atoms with van der Waals surface area (Å²) in [4.78, 5) is 0. The van der Waals surface area contributed by atoms with Crippen molar-refractivity contribution in [2.75, 3.05) is 37.0 Å². The summed E-state index contributed by atoms with van der Waals surface area (Å²) in [5.74, 6) is 0. The molecule has 0 radical (unpaired) electrons. The summed E-state index contributed by atoms with van der Waals surface area (Å²) in [7, 11) is 0.843. The summed E-state index contributed by atoms with van der Waals surface area (Å²) in [6.07, 6.45) is 26.4. The first-order chi connectivity index (χ1) is 14.1. The van der Waals surface area contributed by atoms with Crippen molar-refractivity contribution in [1.82, 2.24) is 0 Å².